The van der Waals surface area contributed by atoms with Crippen LogP contribution in [0, 0.1) is 11.8 Å². The molecule has 32 heteroatoms. The largest absolute Gasteiger partial charge is 0.495 e. The third-order valence-corrected chi connectivity index (χ3v) is 18.0. The minimum atomic E-state index is -1.88. The number of esters is 1. The molecule has 30 nitrogen and oxygen atoms in total. The summed E-state index contributed by atoms with van der Waals surface area (Å²) in [7, 11) is 5.80. The van der Waals surface area contributed by atoms with Gasteiger partial charge in [0.15, 0.2) is 10.8 Å². The number of nitrogens with two attached hydrogens (primary N) is 1. The summed E-state index contributed by atoms with van der Waals surface area (Å²) in [5, 5.41) is 29.7. The van der Waals surface area contributed by atoms with E-state index < -0.39 is 126 Å². The van der Waals surface area contributed by atoms with E-state index in [2.05, 4.69) is 36.9 Å². The van der Waals surface area contributed by atoms with E-state index in [0.29, 0.717) is 28.3 Å². The number of benzene rings is 2. The van der Waals surface area contributed by atoms with Crippen LogP contribution in [0.2, 0.25) is 5.02 Å². The molecule has 0 radical (unpaired) electrons. The van der Waals surface area contributed by atoms with Crippen molar-refractivity contribution in [2.24, 2.45) is 17.6 Å². The van der Waals surface area contributed by atoms with Gasteiger partial charge in [-0.3, -0.25) is 39.1 Å². The first-order valence-electron chi connectivity index (χ1n) is 32.1. The average Bonchev–Trinajstić information content (AvgIpc) is 0.818. The first-order chi connectivity index (χ1) is 46.5. The third kappa shape index (κ3) is 19.8. The number of nitrogens with one attached hydrogen (secondary N) is 6. The first kappa shape index (κ1) is 76.8. The standard InChI is InChI=1S/C66H88ClN11O19S/c1-36(2)56(74-63(98)71-25-27-93-29-28-92-26-22-54(82)97-78-51(79)20-21-52(78)80)59(84)73-44(16-13-24-70-62(68)87)58(83)72-43-19-18-42(57-41(43)15-12-23-69-57)60(85)76(7)39(5)61(86)95-50-33-53(81)77(8)45-31-40(32-46(90-9)55(45)67)30-37(3)14-11-17-49(91-10)66(89)35-47(94-64(88)75-66)38(4)48-34-65(50,6)96-48/h11-12,14-15,17-19,23,31-32,36,38-39,44,47-50,56,89H,13,16,20-22,24-30,33-35H2,1-10H3,(H,72,83)(H,73,84)(H,75,88)(H3,68,70,87)(H2,71,74,98)/b17-11+,37-14+/t38-,39+,44+,47+,48-,49-,50+,56+,65-,66+/m1/s1. The number of allylic oxidation sites excluding steroid dienone is 3. The van der Waals surface area contributed by atoms with Gasteiger partial charge < -0.3 is 85.2 Å². The number of hydroxylamine groups is 2. The lowest BCUT2D eigenvalue weighted by atomic mass is 9.76. The monoisotopic (exact) mass is 1410 g/mol. The van der Waals surface area contributed by atoms with Gasteiger partial charge in [0.1, 0.15) is 52.8 Å². The molecule has 10 atom stereocenters. The molecule has 5 aliphatic heterocycles. The molecule has 9 N–H and O–H groups in total. The van der Waals surface area contributed by atoms with Crippen LogP contribution in [0.1, 0.15) is 109 Å². The number of aromatic nitrogens is 1. The maximum absolute atomic E-state index is 14.7. The van der Waals surface area contributed by atoms with Gasteiger partial charge in [-0.1, -0.05) is 56.2 Å². The molecule has 0 spiro atoms. The number of halogens is 1. The average molecular weight is 1410 g/mol. The summed E-state index contributed by atoms with van der Waals surface area (Å²) in [6.45, 7) is 11.1. The second-order valence-corrected chi connectivity index (χ2v) is 25.7. The number of amides is 9. The number of carbonyl (C=O) groups excluding carboxylic acids is 10. The number of rotatable bonds is 26. The Kier molecular flexibility index (Phi) is 27.2. The summed E-state index contributed by atoms with van der Waals surface area (Å²) in [6.07, 6.45) is 2.07. The van der Waals surface area contributed by atoms with Gasteiger partial charge in [-0.25, -0.2) is 19.2 Å². The molecule has 0 saturated carbocycles. The minimum absolute atomic E-state index is 0.0152. The summed E-state index contributed by atoms with van der Waals surface area (Å²) in [5.74, 6) is -5.86. The molecular formula is C66H88ClN11O19S. The molecule has 0 aliphatic carbocycles. The van der Waals surface area contributed by atoms with Gasteiger partial charge in [0.25, 0.3) is 17.7 Å². The molecule has 6 heterocycles. The van der Waals surface area contributed by atoms with Crippen LogP contribution >= 0.6 is 23.8 Å². The molecule has 534 valence electrons. The number of aliphatic hydroxyl groups is 1. The fraction of sp³-hybridized carbons (Fsp3) is 0.545. The molecule has 1 aromatic heterocycles. The molecule has 5 aliphatic rings. The zero-order valence-corrected chi connectivity index (χ0v) is 58.1. The first-order valence-corrected chi connectivity index (χ1v) is 32.9. The normalized spacial score (nSPS) is 23.6. The Labute approximate surface area is 577 Å². The van der Waals surface area contributed by atoms with Gasteiger partial charge in [-0.15, -0.1) is 5.06 Å². The number of nitrogens with zero attached hydrogens (tertiary/aromatic N) is 4. The Morgan fingerprint density at radius 1 is 0.939 bits per heavy atom. The van der Waals surface area contributed by atoms with Gasteiger partial charge in [0, 0.05) is 77.5 Å². The zero-order chi connectivity index (χ0) is 71.8. The number of fused-ring (bicyclic) bond motifs is 7. The predicted octanol–water partition coefficient (Wildman–Crippen LogP) is 4.16. The van der Waals surface area contributed by atoms with E-state index in [1.54, 1.807) is 64.1 Å². The number of likely N-dealkylation sites (N-methyl/N-ethyl adjacent to an activating group) is 1. The van der Waals surface area contributed by atoms with Crippen molar-refractivity contribution < 1.29 is 91.0 Å². The number of alkyl carbamates (subject to hydrolysis) is 1. The van der Waals surface area contributed by atoms with Gasteiger partial charge in [0.05, 0.1) is 74.9 Å². The fourth-order valence-corrected chi connectivity index (χ4v) is 12.1. The Morgan fingerprint density at radius 2 is 1.64 bits per heavy atom. The van der Waals surface area contributed by atoms with E-state index in [-0.39, 0.29) is 117 Å². The summed E-state index contributed by atoms with van der Waals surface area (Å²) < 4.78 is 40.9. The van der Waals surface area contributed by atoms with Crippen molar-refractivity contribution in [3.63, 3.8) is 0 Å². The topological polar surface area (TPSA) is 386 Å². The van der Waals surface area contributed by atoms with Crippen molar-refractivity contribution in [2.45, 2.75) is 153 Å². The van der Waals surface area contributed by atoms with Gasteiger partial charge >= 0.3 is 24.1 Å². The molecule has 2 aromatic carbocycles. The molecule has 0 unspecified atom stereocenters. The van der Waals surface area contributed by atoms with E-state index in [1.165, 1.54) is 58.5 Å². The Hall–Kier alpha value is -8.59. The van der Waals surface area contributed by atoms with E-state index in [0.717, 1.165) is 16.0 Å². The van der Waals surface area contributed by atoms with Crippen LogP contribution in [0.5, 0.6) is 5.75 Å². The van der Waals surface area contributed by atoms with Crippen molar-refractivity contribution in [2.75, 3.05) is 78.0 Å². The van der Waals surface area contributed by atoms with Crippen molar-refractivity contribution in [3.05, 3.63) is 82.5 Å². The predicted molar refractivity (Wildman–Crippen MR) is 360 cm³/mol. The van der Waals surface area contributed by atoms with Crippen molar-refractivity contribution in [3.8, 4) is 5.75 Å². The zero-order valence-electron chi connectivity index (χ0n) is 56.5. The van der Waals surface area contributed by atoms with Crippen LogP contribution in [0.3, 0.4) is 0 Å². The number of methoxy groups -OCH3 is 2. The smallest absolute Gasteiger partial charge is 0.409 e. The maximum Gasteiger partial charge on any atom is 0.409 e. The van der Waals surface area contributed by atoms with Gasteiger partial charge in [-0.05, 0) is 100 Å². The van der Waals surface area contributed by atoms with Crippen LogP contribution < -0.4 is 47.3 Å². The minimum Gasteiger partial charge on any atom is -0.495 e. The second-order valence-electron chi connectivity index (χ2n) is 25.0. The van der Waals surface area contributed by atoms with Gasteiger partial charge in [-0.2, -0.15) is 0 Å². The van der Waals surface area contributed by atoms with Crippen molar-refractivity contribution in [1.29, 1.82) is 0 Å². The van der Waals surface area contributed by atoms with E-state index in [9.17, 15) is 53.1 Å². The molecule has 6 bridgehead atoms. The summed E-state index contributed by atoms with van der Waals surface area (Å²) in [5.41, 5.74) is 4.41. The molecular weight excluding hydrogens is 1320 g/mol. The Balaban J connectivity index is 1.02. The summed E-state index contributed by atoms with van der Waals surface area (Å²) >= 11 is 12.4. The number of urea groups is 1. The van der Waals surface area contributed by atoms with Crippen LogP contribution in [-0.2, 0) is 73.2 Å². The van der Waals surface area contributed by atoms with Crippen molar-refractivity contribution >= 4 is 111 Å². The van der Waals surface area contributed by atoms with Crippen LogP contribution in [0.4, 0.5) is 21.0 Å². The lowest BCUT2D eigenvalue weighted by molar-refractivity contribution is -0.271. The maximum atomic E-state index is 14.7. The fourth-order valence-electron chi connectivity index (χ4n) is 11.5. The quantitative estimate of drug-likeness (QED) is 0.0242. The Bertz CT molecular complexity index is 3520. The Morgan fingerprint density at radius 3 is 2.32 bits per heavy atom. The third-order valence-electron chi connectivity index (χ3n) is 17.4. The highest BCUT2D eigenvalue weighted by molar-refractivity contribution is 7.80. The number of primary amides is 1. The molecule has 3 fully saturated rings. The number of imide groups is 1. The van der Waals surface area contributed by atoms with Crippen molar-refractivity contribution in [1.82, 2.24) is 41.5 Å². The number of hydrogen-bond donors (Lipinski definition) is 8. The van der Waals surface area contributed by atoms with E-state index >= 15 is 0 Å². The number of pyridine rings is 1. The molecule has 3 saturated heterocycles. The second kappa shape index (κ2) is 34.8. The van der Waals surface area contributed by atoms with Crippen LogP contribution in [0.15, 0.2) is 66.4 Å². The molecule has 8 rings (SSSR count). The molecule has 98 heavy (non-hydrogen) atoms. The van der Waals surface area contributed by atoms with Crippen LogP contribution in [-0.4, -0.2) is 206 Å². The highest BCUT2D eigenvalue weighted by Gasteiger charge is 2.56. The summed E-state index contributed by atoms with van der Waals surface area (Å²) in [4.78, 5) is 144. The lowest BCUT2D eigenvalue weighted by Crippen LogP contribution is -2.66. The molecule has 3 aromatic rings. The number of carbonyl (C=O) groups is 10. The number of ether oxygens (including phenoxy) is 7. The van der Waals surface area contributed by atoms with Crippen LogP contribution in [0.25, 0.3) is 10.9 Å². The van der Waals surface area contributed by atoms with Gasteiger partial charge in [0.2, 0.25) is 17.7 Å². The summed E-state index contributed by atoms with van der Waals surface area (Å²) in [6, 6.07) is 5.41. The van der Waals surface area contributed by atoms with E-state index in [1.807, 2.05) is 13.0 Å². The highest BCUT2D eigenvalue weighted by atomic mass is 35.5. The number of thiocarbonyl (C=S) groups is 1. The number of hydrogen-bond acceptors (Lipinski definition) is 21. The lowest BCUT2D eigenvalue weighted by Gasteiger charge is -2.53. The number of anilines is 2. The SMILES string of the molecule is COc1cc2cc(c1Cl)N(C)C(=O)C[C@H](OC(=O)[C@H](C)N(C)C(=O)c1ccc(NC(=O)[C@H](CCCNC(N)=O)NC(=O)[C@@H](NC(=S)NCCOCCOCCC(=O)ON3C(=O)CCC3=O)C(C)C)c3cccnc13)[C@@]1(C)C[C@@H](O1)[C@H](C)[C@@H]1C[C@@](O)(NC(=O)O1)[C@H](OC)/C=C/C=C(\C)C2. The molecule has 9 amide bonds. The highest BCUT2D eigenvalue weighted by Crippen LogP contribution is 2.45. The van der Waals surface area contributed by atoms with E-state index in [4.69, 9.17) is 67.5 Å².